The summed E-state index contributed by atoms with van der Waals surface area (Å²) < 4.78 is 0. The summed E-state index contributed by atoms with van der Waals surface area (Å²) in [5.41, 5.74) is 13.4. The van der Waals surface area contributed by atoms with Gasteiger partial charge in [-0.3, -0.25) is 15.1 Å². The maximum absolute atomic E-state index is 5.95. The van der Waals surface area contributed by atoms with Crippen molar-refractivity contribution in [2.45, 2.75) is 13.0 Å². The summed E-state index contributed by atoms with van der Waals surface area (Å²) in [5.74, 6) is 0.796. The zero-order chi connectivity index (χ0) is 24.6. The standard InChI is InChI=1S/C27H25N9/c1-3-19(32-24(4-2)36-14-17(28)15-36)21-7-8-22-26(33-21)27(35-34-22)23-12-18-20(31-23)9-11-30-25(18)16-6-5-10-29-13-16/h3-13,17,31H,2,14-15,28H2,1H3,(H,34,35)/b19-3-,32-24?. The number of allylic oxidation sites excluding steroid dienone is 1. The molecule has 5 aromatic rings. The molecule has 0 aliphatic carbocycles. The van der Waals surface area contributed by atoms with E-state index in [4.69, 9.17) is 15.7 Å². The Labute approximate surface area is 207 Å². The van der Waals surface area contributed by atoms with Crippen molar-refractivity contribution in [2.24, 2.45) is 10.7 Å². The highest BCUT2D eigenvalue weighted by atomic mass is 15.3. The molecule has 0 spiro atoms. The van der Waals surface area contributed by atoms with Crippen LogP contribution in [0.3, 0.4) is 0 Å². The predicted molar refractivity (Wildman–Crippen MR) is 143 cm³/mol. The maximum atomic E-state index is 5.95. The van der Waals surface area contributed by atoms with Gasteiger partial charge >= 0.3 is 0 Å². The minimum atomic E-state index is 0.178. The molecule has 0 atom stereocenters. The molecule has 0 saturated carbocycles. The van der Waals surface area contributed by atoms with Crippen LogP contribution in [0, 0.1) is 0 Å². The van der Waals surface area contributed by atoms with Gasteiger partial charge in [0.25, 0.3) is 0 Å². The third-order valence-corrected chi connectivity index (χ3v) is 6.33. The molecule has 1 aliphatic heterocycles. The molecule has 9 nitrogen and oxygen atoms in total. The van der Waals surface area contributed by atoms with E-state index < -0.39 is 0 Å². The third-order valence-electron chi connectivity index (χ3n) is 6.33. The zero-order valence-corrected chi connectivity index (χ0v) is 19.8. The van der Waals surface area contributed by atoms with Crippen molar-refractivity contribution in [3.8, 4) is 22.6 Å². The third kappa shape index (κ3) is 3.75. The molecule has 6 rings (SSSR count). The number of amidine groups is 1. The second-order valence-electron chi connectivity index (χ2n) is 8.72. The fourth-order valence-electron chi connectivity index (χ4n) is 4.48. The van der Waals surface area contributed by atoms with E-state index in [1.165, 1.54) is 0 Å². The van der Waals surface area contributed by atoms with Crippen molar-refractivity contribution in [1.29, 1.82) is 0 Å². The summed E-state index contributed by atoms with van der Waals surface area (Å²) in [4.78, 5) is 24.2. The monoisotopic (exact) mass is 475 g/mol. The lowest BCUT2D eigenvalue weighted by Crippen LogP contribution is -2.57. The minimum Gasteiger partial charge on any atom is -0.353 e. The van der Waals surface area contributed by atoms with E-state index in [-0.39, 0.29) is 6.04 Å². The average Bonchev–Trinajstić information content (AvgIpc) is 3.52. The van der Waals surface area contributed by atoms with E-state index >= 15 is 0 Å². The Morgan fingerprint density at radius 2 is 2.06 bits per heavy atom. The quantitative estimate of drug-likeness (QED) is 0.259. The van der Waals surface area contributed by atoms with E-state index in [0.717, 1.165) is 74.9 Å². The van der Waals surface area contributed by atoms with Crippen molar-refractivity contribution in [3.63, 3.8) is 0 Å². The number of nitrogens with zero attached hydrogens (tertiary/aromatic N) is 6. The molecule has 6 heterocycles. The van der Waals surface area contributed by atoms with Crippen LogP contribution < -0.4 is 5.73 Å². The van der Waals surface area contributed by atoms with Crippen LogP contribution in [-0.2, 0) is 0 Å². The second kappa shape index (κ2) is 8.86. The van der Waals surface area contributed by atoms with E-state index in [2.05, 4.69) is 42.7 Å². The Bertz CT molecular complexity index is 1640. The summed E-state index contributed by atoms with van der Waals surface area (Å²) in [5, 5.41) is 8.68. The highest BCUT2D eigenvalue weighted by Gasteiger charge is 2.25. The second-order valence-corrected chi connectivity index (χ2v) is 8.72. The molecule has 0 radical (unpaired) electrons. The van der Waals surface area contributed by atoms with Gasteiger partial charge in [-0.2, -0.15) is 5.10 Å². The molecular formula is C27H25N9. The highest BCUT2D eigenvalue weighted by Crippen LogP contribution is 2.32. The van der Waals surface area contributed by atoms with Gasteiger partial charge in [0.1, 0.15) is 17.0 Å². The molecule has 178 valence electrons. The van der Waals surface area contributed by atoms with Crippen molar-refractivity contribution < 1.29 is 0 Å². The van der Waals surface area contributed by atoms with Crippen LogP contribution in [-0.4, -0.2) is 60.0 Å². The van der Waals surface area contributed by atoms with Crippen LogP contribution in [0.5, 0.6) is 0 Å². The van der Waals surface area contributed by atoms with Gasteiger partial charge in [0.05, 0.1) is 28.3 Å². The van der Waals surface area contributed by atoms with Crippen molar-refractivity contribution in [2.75, 3.05) is 13.1 Å². The van der Waals surface area contributed by atoms with Crippen LogP contribution >= 0.6 is 0 Å². The number of likely N-dealkylation sites (tertiary alicyclic amines) is 1. The molecule has 0 amide bonds. The number of rotatable bonds is 5. The van der Waals surface area contributed by atoms with Crippen molar-refractivity contribution in [3.05, 3.63) is 79.4 Å². The molecule has 1 fully saturated rings. The number of aliphatic imine (C=N–C) groups is 1. The molecule has 9 heteroatoms. The number of pyridine rings is 3. The highest BCUT2D eigenvalue weighted by molar-refractivity contribution is 6.00. The molecule has 36 heavy (non-hydrogen) atoms. The van der Waals surface area contributed by atoms with Crippen LogP contribution in [0.15, 0.2) is 78.7 Å². The van der Waals surface area contributed by atoms with Gasteiger partial charge < -0.3 is 15.6 Å². The summed E-state index contributed by atoms with van der Waals surface area (Å²) in [6, 6.07) is 12.0. The fourth-order valence-corrected chi connectivity index (χ4v) is 4.48. The van der Waals surface area contributed by atoms with E-state index in [1.807, 2.05) is 49.5 Å². The molecule has 1 saturated heterocycles. The summed E-state index contributed by atoms with van der Waals surface area (Å²) in [6.45, 7) is 7.43. The summed E-state index contributed by atoms with van der Waals surface area (Å²) >= 11 is 0. The number of hydrogen-bond donors (Lipinski definition) is 3. The van der Waals surface area contributed by atoms with Crippen LogP contribution in [0.2, 0.25) is 0 Å². The van der Waals surface area contributed by atoms with Gasteiger partial charge in [-0.1, -0.05) is 12.7 Å². The van der Waals surface area contributed by atoms with E-state index in [9.17, 15) is 0 Å². The molecule has 5 aromatic heterocycles. The number of H-pyrrole nitrogens is 2. The van der Waals surface area contributed by atoms with Gasteiger partial charge in [-0.05, 0) is 49.4 Å². The Morgan fingerprint density at radius 1 is 1.17 bits per heavy atom. The molecule has 0 bridgehead atoms. The lowest BCUT2D eigenvalue weighted by molar-refractivity contribution is 0.256. The number of nitrogens with two attached hydrogens (primary N) is 1. The van der Waals surface area contributed by atoms with Gasteiger partial charge in [-0.15, -0.1) is 0 Å². The average molecular weight is 476 g/mol. The Kier molecular flexibility index (Phi) is 5.38. The lowest BCUT2D eigenvalue weighted by atomic mass is 10.1. The Morgan fingerprint density at radius 3 is 2.81 bits per heavy atom. The first-order valence-corrected chi connectivity index (χ1v) is 11.8. The smallest absolute Gasteiger partial charge is 0.135 e. The number of fused-ring (bicyclic) bond motifs is 2. The van der Waals surface area contributed by atoms with Crippen LogP contribution in [0.25, 0.3) is 50.3 Å². The number of aromatic nitrogens is 6. The molecule has 1 aliphatic rings. The molecule has 4 N–H and O–H groups in total. The van der Waals surface area contributed by atoms with Crippen molar-refractivity contribution in [1.82, 2.24) is 35.0 Å². The first kappa shape index (κ1) is 21.9. The van der Waals surface area contributed by atoms with Gasteiger partial charge in [-0.25, -0.2) is 9.98 Å². The van der Waals surface area contributed by atoms with Crippen molar-refractivity contribution >= 4 is 33.5 Å². The molecule has 0 aromatic carbocycles. The molecule has 0 unspecified atom stereocenters. The Hall–Kier alpha value is -4.63. The predicted octanol–water partition coefficient (Wildman–Crippen LogP) is 4.15. The lowest BCUT2D eigenvalue weighted by Gasteiger charge is -2.38. The number of nitrogens with one attached hydrogen (secondary N) is 2. The summed E-state index contributed by atoms with van der Waals surface area (Å²) in [6.07, 6.45) is 9.07. The number of hydrogen-bond acceptors (Lipinski definition) is 6. The Balaban J connectivity index is 1.41. The zero-order valence-electron chi connectivity index (χ0n) is 19.8. The van der Waals surface area contributed by atoms with Gasteiger partial charge in [0.2, 0.25) is 0 Å². The van der Waals surface area contributed by atoms with Gasteiger partial charge in [0.15, 0.2) is 0 Å². The van der Waals surface area contributed by atoms with Gasteiger partial charge in [0, 0.05) is 54.2 Å². The first-order valence-electron chi connectivity index (χ1n) is 11.8. The van der Waals surface area contributed by atoms with Crippen LogP contribution in [0.1, 0.15) is 12.6 Å². The van der Waals surface area contributed by atoms with E-state index in [1.54, 1.807) is 18.5 Å². The van der Waals surface area contributed by atoms with E-state index in [0.29, 0.717) is 0 Å². The first-order chi connectivity index (χ1) is 17.6. The SMILES string of the molecule is C=CC(=N/C(=C\C)c1ccc2[nH]nc(-c3cc4c(-c5cccnc5)nccc4[nH]3)c2n1)N1CC(N)C1. The topological polar surface area (TPSA) is 125 Å². The largest absolute Gasteiger partial charge is 0.353 e. The maximum Gasteiger partial charge on any atom is 0.135 e. The number of aromatic amines is 2. The summed E-state index contributed by atoms with van der Waals surface area (Å²) in [7, 11) is 0. The fraction of sp³-hybridized carbons (Fsp3) is 0.148. The van der Waals surface area contributed by atoms with Crippen LogP contribution in [0.4, 0.5) is 0 Å². The normalized spacial score (nSPS) is 15.0. The molecular weight excluding hydrogens is 450 g/mol. The minimum absolute atomic E-state index is 0.178.